The van der Waals surface area contributed by atoms with Crippen molar-refractivity contribution in [2.24, 2.45) is 4.99 Å². The Morgan fingerprint density at radius 3 is 2.57 bits per heavy atom. The van der Waals surface area contributed by atoms with Crippen LogP contribution in [0.2, 0.25) is 0 Å². The van der Waals surface area contributed by atoms with Crippen LogP contribution in [0, 0.1) is 11.6 Å². The molecule has 0 radical (unpaired) electrons. The SMILES string of the molecule is CN=C(NCC(C)c1ccc(F)cc1F)NC1CCN(CCOC(C)C)CC1. The smallest absolute Gasteiger partial charge is 0.191 e. The summed E-state index contributed by atoms with van der Waals surface area (Å²) in [6.07, 6.45) is 2.37. The largest absolute Gasteiger partial charge is 0.377 e. The first-order chi connectivity index (χ1) is 13.4. The summed E-state index contributed by atoms with van der Waals surface area (Å²) in [5.74, 6) is -0.440. The van der Waals surface area contributed by atoms with Crippen LogP contribution in [0.4, 0.5) is 8.78 Å². The Hall–Kier alpha value is -1.73. The second-order valence-electron chi connectivity index (χ2n) is 7.70. The molecule has 1 fully saturated rings. The number of aliphatic imine (C=N–C) groups is 1. The highest BCUT2D eigenvalue weighted by Gasteiger charge is 2.20. The molecule has 0 amide bonds. The highest BCUT2D eigenvalue weighted by Crippen LogP contribution is 2.19. The molecule has 0 aromatic heterocycles. The zero-order valence-electron chi connectivity index (χ0n) is 17.5. The van der Waals surface area contributed by atoms with Gasteiger partial charge in [0.2, 0.25) is 0 Å². The van der Waals surface area contributed by atoms with Crippen molar-refractivity contribution in [1.82, 2.24) is 15.5 Å². The number of nitrogens with one attached hydrogen (secondary N) is 2. The molecule has 1 aliphatic rings. The van der Waals surface area contributed by atoms with Gasteiger partial charge in [0.1, 0.15) is 11.6 Å². The van der Waals surface area contributed by atoms with E-state index in [1.54, 1.807) is 7.05 Å². The number of guanidine groups is 1. The molecule has 0 bridgehead atoms. The molecule has 1 heterocycles. The molecule has 0 spiro atoms. The fourth-order valence-corrected chi connectivity index (χ4v) is 3.37. The number of halogens is 2. The highest BCUT2D eigenvalue weighted by molar-refractivity contribution is 5.80. The highest BCUT2D eigenvalue weighted by atomic mass is 19.1. The van der Waals surface area contributed by atoms with Crippen molar-refractivity contribution < 1.29 is 13.5 Å². The summed E-state index contributed by atoms with van der Waals surface area (Å²) in [6, 6.07) is 4.10. The zero-order valence-corrected chi connectivity index (χ0v) is 17.5. The lowest BCUT2D eigenvalue weighted by molar-refractivity contribution is 0.0532. The minimum Gasteiger partial charge on any atom is -0.377 e. The van der Waals surface area contributed by atoms with Crippen molar-refractivity contribution in [2.45, 2.75) is 51.7 Å². The first kappa shape index (κ1) is 22.6. The summed E-state index contributed by atoms with van der Waals surface area (Å²) in [5, 5.41) is 6.72. The van der Waals surface area contributed by atoms with E-state index in [0.717, 1.165) is 51.1 Å². The Morgan fingerprint density at radius 1 is 1.25 bits per heavy atom. The van der Waals surface area contributed by atoms with E-state index in [2.05, 4.69) is 34.4 Å². The molecule has 158 valence electrons. The van der Waals surface area contributed by atoms with Crippen LogP contribution in [-0.2, 0) is 4.74 Å². The average molecular weight is 397 g/mol. The predicted octanol–water partition coefficient (Wildman–Crippen LogP) is 3.12. The minimum absolute atomic E-state index is 0.0954. The molecule has 28 heavy (non-hydrogen) atoms. The molecule has 7 heteroatoms. The Labute approximate surface area is 167 Å². The normalized spacial score (nSPS) is 17.8. The van der Waals surface area contributed by atoms with Gasteiger partial charge in [-0.3, -0.25) is 4.99 Å². The third kappa shape index (κ3) is 7.36. The number of hydrogen-bond donors (Lipinski definition) is 2. The maximum atomic E-state index is 13.9. The third-order valence-electron chi connectivity index (χ3n) is 5.08. The first-order valence-corrected chi connectivity index (χ1v) is 10.1. The minimum atomic E-state index is -0.555. The van der Waals surface area contributed by atoms with E-state index < -0.39 is 11.6 Å². The van der Waals surface area contributed by atoms with Crippen molar-refractivity contribution >= 4 is 5.96 Å². The van der Waals surface area contributed by atoms with Gasteiger partial charge in [-0.1, -0.05) is 13.0 Å². The maximum Gasteiger partial charge on any atom is 0.191 e. The lowest BCUT2D eigenvalue weighted by Gasteiger charge is -2.33. The molecule has 1 aromatic rings. The Balaban J connectivity index is 1.73. The molecule has 2 rings (SSSR count). The van der Waals surface area contributed by atoms with Gasteiger partial charge < -0.3 is 20.3 Å². The van der Waals surface area contributed by atoms with Gasteiger partial charge >= 0.3 is 0 Å². The van der Waals surface area contributed by atoms with E-state index >= 15 is 0 Å². The van der Waals surface area contributed by atoms with Crippen molar-refractivity contribution in [1.29, 1.82) is 0 Å². The van der Waals surface area contributed by atoms with Crippen LogP contribution in [0.15, 0.2) is 23.2 Å². The monoisotopic (exact) mass is 396 g/mol. The predicted molar refractivity (Wildman–Crippen MR) is 110 cm³/mol. The van der Waals surface area contributed by atoms with E-state index in [0.29, 0.717) is 18.2 Å². The van der Waals surface area contributed by atoms with Gasteiger partial charge in [0.25, 0.3) is 0 Å². The van der Waals surface area contributed by atoms with E-state index in [4.69, 9.17) is 4.74 Å². The molecule has 5 nitrogen and oxygen atoms in total. The number of ether oxygens (including phenoxy) is 1. The topological polar surface area (TPSA) is 48.9 Å². The fourth-order valence-electron chi connectivity index (χ4n) is 3.37. The summed E-state index contributed by atoms with van der Waals surface area (Å²) in [5.41, 5.74) is 0.501. The fraction of sp³-hybridized carbons (Fsp3) is 0.667. The molecule has 1 unspecified atom stereocenters. The standard InChI is InChI=1S/C21H34F2N4O/c1-15(2)28-12-11-27-9-7-18(8-10-27)26-21(24-4)25-14-16(3)19-6-5-17(22)13-20(19)23/h5-6,13,15-16,18H,7-12,14H2,1-4H3,(H2,24,25,26). The van der Waals surface area contributed by atoms with Crippen molar-refractivity contribution in [3.8, 4) is 0 Å². The maximum absolute atomic E-state index is 13.9. The van der Waals surface area contributed by atoms with Crippen molar-refractivity contribution in [2.75, 3.05) is 39.8 Å². The Bertz CT molecular complexity index is 631. The van der Waals surface area contributed by atoms with E-state index in [1.165, 1.54) is 12.1 Å². The van der Waals surface area contributed by atoms with Crippen LogP contribution in [-0.4, -0.2) is 62.8 Å². The Kier molecular flexibility index (Phi) is 9.12. The second-order valence-corrected chi connectivity index (χ2v) is 7.70. The summed E-state index contributed by atoms with van der Waals surface area (Å²) in [6.45, 7) is 10.4. The number of nitrogens with zero attached hydrogens (tertiary/aromatic N) is 2. The number of piperidine rings is 1. The van der Waals surface area contributed by atoms with Crippen LogP contribution >= 0.6 is 0 Å². The van der Waals surface area contributed by atoms with Crippen LogP contribution in [0.1, 0.15) is 45.1 Å². The number of hydrogen-bond acceptors (Lipinski definition) is 3. The van der Waals surface area contributed by atoms with Crippen LogP contribution in [0.3, 0.4) is 0 Å². The Morgan fingerprint density at radius 2 is 1.96 bits per heavy atom. The molecule has 1 atom stereocenters. The molecule has 1 saturated heterocycles. The van der Waals surface area contributed by atoms with E-state index in [1.807, 2.05) is 6.92 Å². The van der Waals surface area contributed by atoms with Gasteiger partial charge in [0, 0.05) is 51.3 Å². The molecule has 0 aliphatic carbocycles. The van der Waals surface area contributed by atoms with Gasteiger partial charge in [0.15, 0.2) is 5.96 Å². The third-order valence-corrected chi connectivity index (χ3v) is 5.08. The molecule has 1 aliphatic heterocycles. The summed E-state index contributed by atoms with van der Waals surface area (Å²) < 4.78 is 32.6. The van der Waals surface area contributed by atoms with Crippen LogP contribution < -0.4 is 10.6 Å². The van der Waals surface area contributed by atoms with Crippen molar-refractivity contribution in [3.05, 3.63) is 35.4 Å². The van der Waals surface area contributed by atoms with Gasteiger partial charge in [0.05, 0.1) is 12.7 Å². The molecule has 1 aromatic carbocycles. The quantitative estimate of drug-likeness (QED) is 0.524. The number of benzene rings is 1. The van der Waals surface area contributed by atoms with Crippen LogP contribution in [0.25, 0.3) is 0 Å². The lowest BCUT2D eigenvalue weighted by atomic mass is 10.0. The second kappa shape index (κ2) is 11.3. The zero-order chi connectivity index (χ0) is 20.5. The lowest BCUT2D eigenvalue weighted by Crippen LogP contribution is -2.49. The van der Waals surface area contributed by atoms with Gasteiger partial charge in [-0.25, -0.2) is 8.78 Å². The number of rotatable bonds is 8. The average Bonchev–Trinajstić information content (AvgIpc) is 2.65. The van der Waals surface area contributed by atoms with Gasteiger partial charge in [-0.05, 0) is 38.3 Å². The van der Waals surface area contributed by atoms with E-state index in [-0.39, 0.29) is 12.0 Å². The van der Waals surface area contributed by atoms with Gasteiger partial charge in [-0.15, -0.1) is 0 Å². The molecular weight excluding hydrogens is 362 g/mol. The van der Waals surface area contributed by atoms with Crippen LogP contribution in [0.5, 0.6) is 0 Å². The van der Waals surface area contributed by atoms with Crippen molar-refractivity contribution in [3.63, 3.8) is 0 Å². The summed E-state index contributed by atoms with van der Waals surface area (Å²) >= 11 is 0. The molecular formula is C21H34F2N4O. The first-order valence-electron chi connectivity index (χ1n) is 10.1. The summed E-state index contributed by atoms with van der Waals surface area (Å²) in [7, 11) is 1.73. The van der Waals surface area contributed by atoms with E-state index in [9.17, 15) is 8.78 Å². The molecule has 2 N–H and O–H groups in total. The molecule has 0 saturated carbocycles. The number of likely N-dealkylation sites (tertiary alicyclic amines) is 1. The van der Waals surface area contributed by atoms with Gasteiger partial charge in [-0.2, -0.15) is 0 Å². The summed E-state index contributed by atoms with van der Waals surface area (Å²) in [4.78, 5) is 6.71.